The van der Waals surface area contributed by atoms with Crippen LogP contribution in [0.25, 0.3) is 22.7 Å². The molecule has 5 rings (SSSR count). The van der Waals surface area contributed by atoms with Crippen LogP contribution in [0.5, 0.6) is 11.5 Å². The van der Waals surface area contributed by atoms with Gasteiger partial charge in [-0.15, -0.1) is 0 Å². The Hall–Kier alpha value is -5.20. The van der Waals surface area contributed by atoms with E-state index in [9.17, 15) is 18.8 Å². The average molecular weight is 619 g/mol. The van der Waals surface area contributed by atoms with Crippen LogP contribution in [0, 0.1) is 18.7 Å². The number of rotatable bonds is 4. The molecule has 1 atom stereocenters. The van der Waals surface area contributed by atoms with Crippen LogP contribution in [0.3, 0.4) is 0 Å². The molecule has 45 heavy (non-hydrogen) atoms. The number of carbonyl (C=O) groups excluding carboxylic acids is 3. The number of hydrogen-bond acceptors (Lipinski definition) is 8. The van der Waals surface area contributed by atoms with Gasteiger partial charge in [-0.25, -0.2) is 9.37 Å². The number of carbonyl (C=O) groups is 3. The minimum Gasteiger partial charge on any atom is -0.493 e. The fourth-order valence-corrected chi connectivity index (χ4v) is 5.02. The van der Waals surface area contributed by atoms with Crippen LogP contribution in [0.4, 0.5) is 4.39 Å². The lowest BCUT2D eigenvalue weighted by atomic mass is 10.0. The molecule has 3 amide bonds. The maximum absolute atomic E-state index is 14.0. The monoisotopic (exact) mass is 618 g/mol. The Labute approximate surface area is 259 Å². The summed E-state index contributed by atoms with van der Waals surface area (Å²) in [5.41, 5.74) is 2.12. The summed E-state index contributed by atoms with van der Waals surface area (Å²) in [5.74, 6) is -0.306. The molecule has 3 N–H and O–H groups in total. The van der Waals surface area contributed by atoms with Gasteiger partial charge in [0.2, 0.25) is 17.7 Å². The minimum absolute atomic E-state index is 0.0841. The third-order valence-corrected chi connectivity index (χ3v) is 7.43. The van der Waals surface area contributed by atoms with Crippen molar-refractivity contribution in [2.75, 3.05) is 26.8 Å². The summed E-state index contributed by atoms with van der Waals surface area (Å²) in [6.07, 6.45) is 1.69. The van der Waals surface area contributed by atoms with Crippen LogP contribution >= 0.6 is 0 Å². The predicted octanol–water partition coefficient (Wildman–Crippen LogP) is 3.87. The van der Waals surface area contributed by atoms with Crippen LogP contribution in [0.15, 0.2) is 53.1 Å². The van der Waals surface area contributed by atoms with Crippen molar-refractivity contribution in [1.29, 1.82) is 0 Å². The van der Waals surface area contributed by atoms with Crippen molar-refractivity contribution in [1.82, 2.24) is 30.7 Å². The fourth-order valence-electron chi connectivity index (χ4n) is 5.02. The normalized spacial score (nSPS) is 16.3. The second kappa shape index (κ2) is 13.6. The summed E-state index contributed by atoms with van der Waals surface area (Å²) >= 11 is 0. The molecule has 0 aliphatic carbocycles. The number of aryl methyl sites for hydroxylation is 1. The maximum atomic E-state index is 14.0. The number of oxazole rings is 1. The Kier molecular flexibility index (Phi) is 9.45. The van der Waals surface area contributed by atoms with Gasteiger partial charge in [-0.3, -0.25) is 19.5 Å². The lowest BCUT2D eigenvalue weighted by Gasteiger charge is -2.26. The van der Waals surface area contributed by atoms with E-state index < -0.39 is 29.6 Å². The van der Waals surface area contributed by atoms with Crippen LogP contribution in [-0.2, 0) is 16.1 Å². The predicted molar refractivity (Wildman–Crippen MR) is 162 cm³/mol. The summed E-state index contributed by atoms with van der Waals surface area (Å²) in [4.78, 5) is 46.4. The Morgan fingerprint density at radius 2 is 1.98 bits per heavy atom. The third-order valence-electron chi connectivity index (χ3n) is 7.43. The first kappa shape index (κ1) is 31.2. The van der Waals surface area contributed by atoms with E-state index in [4.69, 9.17) is 13.9 Å². The fraction of sp³-hybridized carbons (Fsp3) is 0.344. The SMILES string of the molecule is COc1ccc2cc1OCCCN(C(=O)c1cn[nH]c1-c1cccc(F)c1)CC(=O)N[C@@H](C(C)C)C(=O)NCc1nc-2oc1C. The third kappa shape index (κ3) is 7.14. The van der Waals surface area contributed by atoms with Gasteiger partial charge in [-0.1, -0.05) is 26.0 Å². The average Bonchev–Trinajstić information content (AvgIpc) is 3.66. The molecule has 12 nitrogen and oxygen atoms in total. The molecule has 13 heteroatoms. The summed E-state index contributed by atoms with van der Waals surface area (Å²) in [6.45, 7) is 5.44. The number of amides is 3. The first-order valence-electron chi connectivity index (χ1n) is 14.6. The summed E-state index contributed by atoms with van der Waals surface area (Å²) in [5, 5.41) is 12.4. The molecule has 0 spiro atoms. The van der Waals surface area contributed by atoms with Crippen LogP contribution in [0.1, 0.15) is 42.1 Å². The van der Waals surface area contributed by atoms with E-state index in [-0.39, 0.29) is 37.7 Å². The van der Waals surface area contributed by atoms with Crippen molar-refractivity contribution in [3.63, 3.8) is 0 Å². The highest BCUT2D eigenvalue weighted by Crippen LogP contribution is 2.33. The smallest absolute Gasteiger partial charge is 0.258 e. The number of nitrogens with one attached hydrogen (secondary N) is 3. The van der Waals surface area contributed by atoms with Gasteiger partial charge in [-0.05, 0) is 49.6 Å². The van der Waals surface area contributed by atoms with E-state index in [2.05, 4.69) is 25.8 Å². The second-order valence-corrected chi connectivity index (χ2v) is 11.0. The Morgan fingerprint density at radius 3 is 2.73 bits per heavy atom. The number of aromatic nitrogens is 3. The molecular weight excluding hydrogens is 583 g/mol. The van der Waals surface area contributed by atoms with Gasteiger partial charge in [0.05, 0.1) is 44.3 Å². The lowest BCUT2D eigenvalue weighted by molar-refractivity contribution is -0.130. The maximum Gasteiger partial charge on any atom is 0.258 e. The summed E-state index contributed by atoms with van der Waals surface area (Å²) < 4.78 is 31.4. The molecule has 0 saturated heterocycles. The first-order valence-corrected chi connectivity index (χ1v) is 14.6. The van der Waals surface area contributed by atoms with E-state index in [1.165, 1.54) is 36.4 Å². The molecule has 4 bridgehead atoms. The van der Waals surface area contributed by atoms with Crippen molar-refractivity contribution in [3.05, 3.63) is 71.5 Å². The van der Waals surface area contributed by atoms with E-state index in [0.717, 1.165) is 0 Å². The first-order chi connectivity index (χ1) is 21.6. The topological polar surface area (TPSA) is 152 Å². The van der Waals surface area contributed by atoms with Gasteiger partial charge in [0.1, 0.15) is 23.3 Å². The van der Waals surface area contributed by atoms with Crippen LogP contribution in [-0.4, -0.2) is 70.7 Å². The number of halogens is 1. The summed E-state index contributed by atoms with van der Waals surface area (Å²) in [6, 6.07) is 10.2. The van der Waals surface area contributed by atoms with Gasteiger partial charge in [-0.2, -0.15) is 5.10 Å². The molecule has 1 aliphatic rings. The van der Waals surface area contributed by atoms with E-state index >= 15 is 0 Å². The van der Waals surface area contributed by atoms with E-state index in [1.54, 1.807) is 31.2 Å². The number of hydrogen-bond donors (Lipinski definition) is 3. The van der Waals surface area contributed by atoms with Gasteiger partial charge in [0.15, 0.2) is 11.5 Å². The van der Waals surface area contributed by atoms with Crippen molar-refractivity contribution in [2.24, 2.45) is 5.92 Å². The Balaban J connectivity index is 1.46. The Bertz CT molecular complexity index is 1700. The number of fused-ring (bicyclic) bond motifs is 5. The molecule has 236 valence electrons. The largest absolute Gasteiger partial charge is 0.493 e. The zero-order valence-electron chi connectivity index (χ0n) is 25.5. The quantitative estimate of drug-likeness (QED) is 0.312. The van der Waals surface area contributed by atoms with Gasteiger partial charge < -0.3 is 29.4 Å². The number of benzene rings is 2. The standard InChI is InChI=1S/C32H35FN6O6/c1-18(2)28-30(41)34-16-24-19(3)45-31(36-24)21-9-10-25(43-4)26(14-21)44-12-6-11-39(17-27(40)37-28)32(42)23-15-35-38-29(23)20-7-5-8-22(33)13-20/h5,7-10,13-15,18,28H,6,11-12,16-17H2,1-4H3,(H,34,41)(H,35,38)(H,37,40)/t28-/m0/s1. The van der Waals surface area contributed by atoms with Crippen LogP contribution < -0.4 is 20.1 Å². The molecular formula is C32H35FN6O6. The zero-order chi connectivity index (χ0) is 32.1. The molecule has 0 unspecified atom stereocenters. The van der Waals surface area contributed by atoms with Crippen molar-refractivity contribution >= 4 is 17.7 Å². The van der Waals surface area contributed by atoms with Crippen molar-refractivity contribution in [2.45, 2.75) is 39.8 Å². The number of ether oxygens (including phenoxy) is 2. The molecule has 2 aromatic heterocycles. The molecule has 3 heterocycles. The highest BCUT2D eigenvalue weighted by Gasteiger charge is 2.28. The zero-order valence-corrected chi connectivity index (χ0v) is 25.5. The second-order valence-electron chi connectivity index (χ2n) is 11.0. The van der Waals surface area contributed by atoms with Crippen molar-refractivity contribution in [3.8, 4) is 34.2 Å². The highest BCUT2D eigenvalue weighted by atomic mass is 19.1. The Morgan fingerprint density at radius 1 is 1.16 bits per heavy atom. The van der Waals surface area contributed by atoms with Gasteiger partial charge in [0, 0.05) is 17.7 Å². The molecule has 0 saturated carbocycles. The number of methoxy groups -OCH3 is 1. The number of nitrogens with zero attached hydrogens (tertiary/aromatic N) is 3. The van der Waals surface area contributed by atoms with Crippen LogP contribution in [0.2, 0.25) is 0 Å². The number of aromatic amines is 1. The molecule has 0 fully saturated rings. The lowest BCUT2D eigenvalue weighted by Crippen LogP contribution is -2.52. The molecule has 4 aromatic rings. The summed E-state index contributed by atoms with van der Waals surface area (Å²) in [7, 11) is 1.53. The van der Waals surface area contributed by atoms with E-state index in [1.807, 2.05) is 13.8 Å². The molecule has 2 aromatic carbocycles. The van der Waals surface area contributed by atoms with Gasteiger partial charge in [0.25, 0.3) is 5.91 Å². The van der Waals surface area contributed by atoms with Crippen molar-refractivity contribution < 1.29 is 32.7 Å². The highest BCUT2D eigenvalue weighted by molar-refractivity contribution is 6.01. The minimum atomic E-state index is -0.871. The number of H-pyrrole nitrogens is 1. The van der Waals surface area contributed by atoms with E-state index in [0.29, 0.717) is 52.1 Å². The molecule has 0 radical (unpaired) electrons. The molecule has 1 aliphatic heterocycles. The van der Waals surface area contributed by atoms with Gasteiger partial charge >= 0.3 is 0 Å².